The number of carbonyl (C=O) groups is 1. The minimum Gasteiger partial charge on any atom is -0.444 e. The maximum Gasteiger partial charge on any atom is 0.415 e. The Kier molecular flexibility index (Phi) is 4.57. The summed E-state index contributed by atoms with van der Waals surface area (Å²) in [7, 11) is 1.84. The number of fused-ring (bicyclic) bond motifs is 3. The summed E-state index contributed by atoms with van der Waals surface area (Å²) in [6, 6.07) is 6.52. The molecule has 1 amide bonds. The zero-order chi connectivity index (χ0) is 20.8. The number of benzene rings is 1. The molecule has 2 aromatic rings. The quantitative estimate of drug-likeness (QED) is 0.756. The second-order valence-corrected chi connectivity index (χ2v) is 8.32. The number of anilines is 1. The molecule has 2 aliphatic heterocycles. The Morgan fingerprint density at radius 3 is 2.90 bits per heavy atom. The SMILES string of the molecule is CCC1OC(=O)N2c3ccc(C4=CC=C(c5cnn(C)n5)C(C)CC=C4)cc3CC12. The molecule has 0 spiro atoms. The summed E-state index contributed by atoms with van der Waals surface area (Å²) < 4.78 is 5.52. The number of allylic oxidation sites excluding steroid dienone is 6. The fourth-order valence-corrected chi connectivity index (χ4v) is 4.74. The Balaban J connectivity index is 1.49. The van der Waals surface area contributed by atoms with Gasteiger partial charge in [0, 0.05) is 7.05 Å². The van der Waals surface area contributed by atoms with Gasteiger partial charge in [-0.25, -0.2) is 4.79 Å². The number of amides is 1. The third kappa shape index (κ3) is 3.07. The summed E-state index contributed by atoms with van der Waals surface area (Å²) in [5, 5.41) is 8.72. The lowest BCUT2D eigenvalue weighted by atomic mass is 9.90. The first-order chi connectivity index (χ1) is 14.5. The van der Waals surface area contributed by atoms with Crippen LogP contribution in [0, 0.1) is 5.92 Å². The van der Waals surface area contributed by atoms with E-state index in [2.05, 4.69) is 66.5 Å². The number of aryl methyl sites for hydroxylation is 1. The van der Waals surface area contributed by atoms with E-state index in [1.165, 1.54) is 11.1 Å². The van der Waals surface area contributed by atoms with E-state index in [4.69, 9.17) is 4.74 Å². The van der Waals surface area contributed by atoms with E-state index >= 15 is 0 Å². The predicted octanol–water partition coefficient (Wildman–Crippen LogP) is 4.54. The first-order valence-corrected chi connectivity index (χ1v) is 10.6. The number of ether oxygens (including phenoxy) is 1. The second kappa shape index (κ2) is 7.27. The molecule has 3 atom stereocenters. The van der Waals surface area contributed by atoms with Gasteiger partial charge in [0.15, 0.2) is 0 Å². The van der Waals surface area contributed by atoms with Crippen LogP contribution >= 0.6 is 0 Å². The lowest BCUT2D eigenvalue weighted by Crippen LogP contribution is -2.32. The van der Waals surface area contributed by atoms with Gasteiger partial charge in [0.05, 0.1) is 17.9 Å². The fourth-order valence-electron chi connectivity index (χ4n) is 4.74. The maximum atomic E-state index is 12.3. The van der Waals surface area contributed by atoms with Gasteiger partial charge in [-0.1, -0.05) is 44.2 Å². The van der Waals surface area contributed by atoms with Crippen LogP contribution in [0.3, 0.4) is 0 Å². The van der Waals surface area contributed by atoms with E-state index in [0.29, 0.717) is 5.92 Å². The Labute approximate surface area is 176 Å². The van der Waals surface area contributed by atoms with Crippen molar-refractivity contribution in [2.45, 2.75) is 45.3 Å². The number of hydrogen-bond donors (Lipinski definition) is 0. The fraction of sp³-hybridized carbons (Fsp3) is 0.375. The number of cyclic esters (lactones) is 1. The molecule has 0 saturated carbocycles. The molecular weight excluding hydrogens is 376 g/mol. The van der Waals surface area contributed by atoms with Crippen LogP contribution in [-0.2, 0) is 18.2 Å². The van der Waals surface area contributed by atoms with Crippen LogP contribution in [-0.4, -0.2) is 33.2 Å². The van der Waals surface area contributed by atoms with Gasteiger partial charge in [-0.15, -0.1) is 0 Å². The highest BCUT2D eigenvalue weighted by Crippen LogP contribution is 2.41. The van der Waals surface area contributed by atoms with Crippen molar-refractivity contribution in [1.29, 1.82) is 0 Å². The van der Waals surface area contributed by atoms with E-state index in [-0.39, 0.29) is 18.2 Å². The Morgan fingerprint density at radius 1 is 1.27 bits per heavy atom. The van der Waals surface area contributed by atoms with Crippen LogP contribution in [0.15, 0.2) is 48.7 Å². The lowest BCUT2D eigenvalue weighted by molar-refractivity contribution is 0.129. The van der Waals surface area contributed by atoms with Crippen LogP contribution in [0.2, 0.25) is 0 Å². The number of nitrogens with zero attached hydrogens (tertiary/aromatic N) is 4. The zero-order valence-corrected chi connectivity index (χ0v) is 17.6. The molecular formula is C24H26N4O2. The largest absolute Gasteiger partial charge is 0.444 e. The van der Waals surface area contributed by atoms with Crippen LogP contribution in [0.25, 0.3) is 11.1 Å². The third-order valence-corrected chi connectivity index (χ3v) is 6.37. The van der Waals surface area contributed by atoms with Gasteiger partial charge < -0.3 is 4.74 Å². The molecule has 1 fully saturated rings. The van der Waals surface area contributed by atoms with Gasteiger partial charge >= 0.3 is 6.09 Å². The van der Waals surface area contributed by atoms with Gasteiger partial charge in [-0.3, -0.25) is 4.90 Å². The van der Waals surface area contributed by atoms with Crippen LogP contribution < -0.4 is 4.90 Å². The minimum absolute atomic E-state index is 0.0205. The number of rotatable bonds is 3. The predicted molar refractivity (Wildman–Crippen MR) is 117 cm³/mol. The summed E-state index contributed by atoms with van der Waals surface area (Å²) in [6.45, 7) is 4.29. The Hall–Kier alpha value is -3.15. The van der Waals surface area contributed by atoms with Crippen molar-refractivity contribution in [3.8, 4) is 0 Å². The van der Waals surface area contributed by atoms with Crippen molar-refractivity contribution in [3.05, 3.63) is 65.5 Å². The molecule has 5 rings (SSSR count). The van der Waals surface area contributed by atoms with Crippen molar-refractivity contribution >= 4 is 22.9 Å². The molecule has 6 nitrogen and oxygen atoms in total. The average molecular weight is 402 g/mol. The number of aromatic nitrogens is 3. The molecule has 3 aliphatic rings. The van der Waals surface area contributed by atoms with Gasteiger partial charge in [0.1, 0.15) is 11.8 Å². The molecule has 1 aromatic heterocycles. The van der Waals surface area contributed by atoms with Crippen molar-refractivity contribution in [2.75, 3.05) is 4.90 Å². The smallest absolute Gasteiger partial charge is 0.415 e. The topological polar surface area (TPSA) is 60.2 Å². The van der Waals surface area contributed by atoms with E-state index < -0.39 is 0 Å². The van der Waals surface area contributed by atoms with Gasteiger partial charge in [-0.05, 0) is 59.6 Å². The normalized spacial score (nSPS) is 25.2. The molecule has 0 N–H and O–H groups in total. The number of hydrogen-bond acceptors (Lipinski definition) is 4. The molecule has 3 heterocycles. The zero-order valence-electron chi connectivity index (χ0n) is 17.6. The third-order valence-electron chi connectivity index (χ3n) is 6.37. The van der Waals surface area contributed by atoms with Gasteiger partial charge in [0.25, 0.3) is 0 Å². The Morgan fingerprint density at radius 2 is 2.13 bits per heavy atom. The van der Waals surface area contributed by atoms with Crippen LogP contribution in [0.1, 0.15) is 43.5 Å². The van der Waals surface area contributed by atoms with E-state index in [9.17, 15) is 4.79 Å². The highest BCUT2D eigenvalue weighted by molar-refractivity contribution is 5.94. The molecule has 154 valence electrons. The Bertz CT molecular complexity index is 1090. The summed E-state index contributed by atoms with van der Waals surface area (Å²) in [5.41, 5.74) is 6.65. The molecule has 30 heavy (non-hydrogen) atoms. The summed E-state index contributed by atoms with van der Waals surface area (Å²) in [6.07, 6.45) is 13.0. The molecule has 1 saturated heterocycles. The van der Waals surface area contributed by atoms with Crippen molar-refractivity contribution in [1.82, 2.24) is 15.0 Å². The monoisotopic (exact) mass is 402 g/mol. The molecule has 0 radical (unpaired) electrons. The number of carbonyl (C=O) groups excluding carboxylic acids is 1. The van der Waals surface area contributed by atoms with E-state index in [0.717, 1.165) is 41.8 Å². The van der Waals surface area contributed by atoms with Crippen LogP contribution in [0.4, 0.5) is 10.5 Å². The lowest BCUT2D eigenvalue weighted by Gasteiger charge is -2.15. The summed E-state index contributed by atoms with van der Waals surface area (Å²) >= 11 is 0. The first-order valence-electron chi connectivity index (χ1n) is 10.6. The molecule has 1 aliphatic carbocycles. The van der Waals surface area contributed by atoms with E-state index in [1.54, 1.807) is 4.80 Å². The summed E-state index contributed by atoms with van der Waals surface area (Å²) in [4.78, 5) is 15.8. The minimum atomic E-state index is -0.214. The van der Waals surface area contributed by atoms with Gasteiger partial charge in [0.2, 0.25) is 0 Å². The molecule has 6 heteroatoms. The highest BCUT2D eigenvalue weighted by atomic mass is 16.6. The summed E-state index contributed by atoms with van der Waals surface area (Å²) in [5.74, 6) is 0.375. The molecule has 0 bridgehead atoms. The van der Waals surface area contributed by atoms with Crippen molar-refractivity contribution < 1.29 is 9.53 Å². The second-order valence-electron chi connectivity index (χ2n) is 8.32. The molecule has 1 aromatic carbocycles. The van der Waals surface area contributed by atoms with Gasteiger partial charge in [-0.2, -0.15) is 15.0 Å². The van der Waals surface area contributed by atoms with Crippen LogP contribution in [0.5, 0.6) is 0 Å². The highest BCUT2D eigenvalue weighted by Gasteiger charge is 2.46. The van der Waals surface area contributed by atoms with Crippen molar-refractivity contribution in [2.24, 2.45) is 13.0 Å². The maximum absolute atomic E-state index is 12.3. The average Bonchev–Trinajstić information content (AvgIpc) is 3.39. The standard InChI is InChI=1S/C24H26N4O2/c1-4-23-22-13-18-12-17(9-11-21(18)28(22)24(29)30-23)16-7-5-6-15(2)19(10-8-16)20-14-25-27(3)26-20/h5,7-12,14-15,22-23H,4,6,13H2,1-3H3. The van der Waals surface area contributed by atoms with E-state index in [1.807, 2.05) is 18.1 Å². The van der Waals surface area contributed by atoms with Crippen molar-refractivity contribution in [3.63, 3.8) is 0 Å². The first kappa shape index (κ1) is 18.9. The molecule has 3 unspecified atom stereocenters.